The predicted octanol–water partition coefficient (Wildman–Crippen LogP) is 6.74. The minimum atomic E-state index is -0.443. The first-order valence-corrected chi connectivity index (χ1v) is 15.5. The van der Waals surface area contributed by atoms with E-state index in [0.717, 1.165) is 27.9 Å². The Bertz CT molecular complexity index is 1970. The van der Waals surface area contributed by atoms with E-state index < -0.39 is 5.91 Å². The average molecular weight is 671 g/mol. The molecule has 0 aliphatic rings. The van der Waals surface area contributed by atoms with E-state index in [9.17, 15) is 14.4 Å². The lowest BCUT2D eigenvalue weighted by Crippen LogP contribution is -2.37. The maximum absolute atomic E-state index is 13.0. The monoisotopic (exact) mass is 669 g/mol. The van der Waals surface area contributed by atoms with E-state index in [0.29, 0.717) is 27.7 Å². The number of fused-ring (bicyclic) bond motifs is 1. The number of nitrogens with zero attached hydrogens (tertiary/aromatic N) is 3. The van der Waals surface area contributed by atoms with E-state index in [4.69, 9.17) is 27.9 Å². The molecule has 0 bridgehead atoms. The average Bonchev–Trinajstić information content (AvgIpc) is 3.46. The Hall–Kier alpha value is -5.12. The van der Waals surface area contributed by atoms with Gasteiger partial charge in [0.1, 0.15) is 17.9 Å². The van der Waals surface area contributed by atoms with Crippen LogP contribution in [0.1, 0.15) is 22.5 Å². The zero-order chi connectivity index (χ0) is 33.5. The van der Waals surface area contributed by atoms with Crippen LogP contribution in [0.3, 0.4) is 0 Å². The molecule has 240 valence electrons. The minimum absolute atomic E-state index is 0.0603. The van der Waals surface area contributed by atoms with Crippen LogP contribution in [0.5, 0.6) is 5.75 Å². The number of carbonyl (C=O) groups excluding carboxylic acids is 3. The zero-order valence-corrected chi connectivity index (χ0v) is 27.6. The lowest BCUT2D eigenvalue weighted by molar-refractivity contribution is -0.122. The molecular formula is C36H33Cl2N5O4. The van der Waals surface area contributed by atoms with Crippen molar-refractivity contribution < 1.29 is 19.1 Å². The van der Waals surface area contributed by atoms with Gasteiger partial charge in [0, 0.05) is 59.4 Å². The second-order valence-electron chi connectivity index (χ2n) is 10.9. The molecule has 11 heteroatoms. The summed E-state index contributed by atoms with van der Waals surface area (Å²) in [6.45, 7) is 1.72. The normalized spacial score (nSPS) is 11.1. The fourth-order valence-corrected chi connectivity index (χ4v) is 5.44. The smallest absolute Gasteiger partial charge is 0.246 e. The van der Waals surface area contributed by atoms with Crippen LogP contribution in [0.15, 0.2) is 91.1 Å². The molecule has 0 saturated carbocycles. The predicted molar refractivity (Wildman–Crippen MR) is 187 cm³/mol. The Morgan fingerprint density at radius 2 is 1.77 bits per heavy atom. The first-order valence-electron chi connectivity index (χ1n) is 14.8. The highest BCUT2D eigenvalue weighted by molar-refractivity contribution is 6.38. The molecular weight excluding hydrogens is 637 g/mol. The van der Waals surface area contributed by atoms with Crippen molar-refractivity contribution in [3.63, 3.8) is 0 Å². The number of rotatable bonds is 11. The maximum Gasteiger partial charge on any atom is 0.246 e. The molecule has 5 aromatic rings. The largest absolute Gasteiger partial charge is 0.487 e. The van der Waals surface area contributed by atoms with Gasteiger partial charge in [0.2, 0.25) is 17.7 Å². The van der Waals surface area contributed by atoms with Gasteiger partial charge in [-0.3, -0.25) is 14.4 Å². The number of para-hydroxylation sites is 1. The Morgan fingerprint density at radius 1 is 0.979 bits per heavy atom. The molecule has 2 aromatic heterocycles. The van der Waals surface area contributed by atoms with Crippen LogP contribution in [-0.4, -0.2) is 40.9 Å². The highest BCUT2D eigenvalue weighted by atomic mass is 35.5. The van der Waals surface area contributed by atoms with E-state index in [1.807, 2.05) is 67.2 Å². The topological polar surface area (TPSA) is 106 Å². The zero-order valence-electron chi connectivity index (χ0n) is 26.1. The van der Waals surface area contributed by atoms with Crippen molar-refractivity contribution in [2.75, 3.05) is 23.8 Å². The summed E-state index contributed by atoms with van der Waals surface area (Å²) >= 11 is 13.2. The molecule has 9 nitrogen and oxygen atoms in total. The van der Waals surface area contributed by atoms with Crippen molar-refractivity contribution >= 4 is 69.3 Å². The molecule has 5 rings (SSSR count). The van der Waals surface area contributed by atoms with Crippen molar-refractivity contribution in [3.8, 4) is 5.75 Å². The van der Waals surface area contributed by atoms with Crippen molar-refractivity contribution in [1.29, 1.82) is 0 Å². The molecule has 0 unspecified atom stereocenters. The highest BCUT2D eigenvalue weighted by Crippen LogP contribution is 2.35. The number of hydrogen-bond acceptors (Lipinski definition) is 5. The van der Waals surface area contributed by atoms with Crippen LogP contribution in [0.2, 0.25) is 10.0 Å². The van der Waals surface area contributed by atoms with Gasteiger partial charge in [-0.2, -0.15) is 0 Å². The number of aryl methyl sites for hydroxylation is 2. The van der Waals surface area contributed by atoms with E-state index in [1.54, 1.807) is 49.5 Å². The summed E-state index contributed by atoms with van der Waals surface area (Å²) in [5, 5.41) is 7.07. The van der Waals surface area contributed by atoms with Gasteiger partial charge in [0.15, 0.2) is 0 Å². The summed E-state index contributed by atoms with van der Waals surface area (Å²) in [6, 6.07) is 23.7. The first kappa shape index (κ1) is 33.2. The standard InChI is InChI=1S/C36H33Cl2N5O4/c1-23-9-13-25-6-4-8-31(36(25)40-23)47-22-28-29(37)16-17-30(35(28)38)43(3)34(46)21-39-32(44)18-12-24-10-14-26(15-11-24)41-33(45)20-27-7-5-19-42(27)2/h4-19H,20-22H2,1-3H3,(H,39,44)(H,41,45). The van der Waals surface area contributed by atoms with Crippen LogP contribution in [0, 0.1) is 6.92 Å². The molecule has 0 atom stereocenters. The summed E-state index contributed by atoms with van der Waals surface area (Å²) in [7, 11) is 3.46. The molecule has 0 spiro atoms. The maximum atomic E-state index is 13.0. The Morgan fingerprint density at radius 3 is 2.51 bits per heavy atom. The molecule has 0 saturated heterocycles. The number of benzene rings is 3. The summed E-state index contributed by atoms with van der Waals surface area (Å²) in [5.74, 6) is -0.360. The summed E-state index contributed by atoms with van der Waals surface area (Å²) in [4.78, 5) is 43.8. The SMILES string of the molecule is Cc1ccc2cccc(OCc3c(Cl)ccc(N(C)C(=O)CNC(=O)C=Cc4ccc(NC(=O)Cc5cccn5C)cc4)c3Cl)c2n1. The molecule has 0 aliphatic heterocycles. The van der Waals surface area contributed by atoms with Crippen LogP contribution in [0.25, 0.3) is 17.0 Å². The molecule has 0 fully saturated rings. The number of nitrogens with one attached hydrogen (secondary N) is 2. The van der Waals surface area contributed by atoms with Crippen LogP contribution in [-0.2, 0) is 34.5 Å². The van der Waals surface area contributed by atoms with Gasteiger partial charge >= 0.3 is 0 Å². The van der Waals surface area contributed by atoms with E-state index in [2.05, 4.69) is 15.6 Å². The Balaban J connectivity index is 1.14. The number of ether oxygens (including phenoxy) is 1. The second-order valence-corrected chi connectivity index (χ2v) is 11.7. The number of amides is 3. The molecule has 2 N–H and O–H groups in total. The van der Waals surface area contributed by atoms with Crippen molar-refractivity contribution in [2.24, 2.45) is 7.05 Å². The number of hydrogen-bond donors (Lipinski definition) is 2. The first-order chi connectivity index (χ1) is 22.6. The minimum Gasteiger partial charge on any atom is -0.487 e. The summed E-state index contributed by atoms with van der Waals surface area (Å²) in [6.07, 6.45) is 5.12. The number of likely N-dealkylation sites (N-methyl/N-ethyl adjacent to an activating group) is 1. The Kier molecular flexibility index (Phi) is 10.6. The molecule has 3 amide bonds. The molecule has 3 aromatic carbocycles. The number of halogens is 2. The fraction of sp³-hybridized carbons (Fsp3) is 0.167. The van der Waals surface area contributed by atoms with Gasteiger partial charge in [0.25, 0.3) is 0 Å². The third-order valence-electron chi connectivity index (χ3n) is 7.52. The van der Waals surface area contributed by atoms with Gasteiger partial charge in [-0.05, 0) is 67.1 Å². The van der Waals surface area contributed by atoms with Gasteiger partial charge < -0.3 is 24.8 Å². The number of anilines is 2. The van der Waals surface area contributed by atoms with E-state index >= 15 is 0 Å². The van der Waals surface area contributed by atoms with Crippen molar-refractivity contribution in [3.05, 3.63) is 124 Å². The van der Waals surface area contributed by atoms with Crippen LogP contribution < -0.4 is 20.3 Å². The molecule has 47 heavy (non-hydrogen) atoms. The van der Waals surface area contributed by atoms with Crippen molar-refractivity contribution in [2.45, 2.75) is 20.0 Å². The van der Waals surface area contributed by atoms with Crippen LogP contribution in [0.4, 0.5) is 11.4 Å². The lowest BCUT2D eigenvalue weighted by atomic mass is 10.1. The van der Waals surface area contributed by atoms with E-state index in [1.165, 1.54) is 11.0 Å². The van der Waals surface area contributed by atoms with Gasteiger partial charge in [-0.15, -0.1) is 0 Å². The number of aromatic nitrogens is 2. The number of carbonyl (C=O) groups is 3. The van der Waals surface area contributed by atoms with Crippen molar-refractivity contribution in [1.82, 2.24) is 14.9 Å². The molecule has 2 heterocycles. The van der Waals surface area contributed by atoms with Gasteiger partial charge in [-0.1, -0.05) is 53.5 Å². The highest BCUT2D eigenvalue weighted by Gasteiger charge is 2.19. The van der Waals surface area contributed by atoms with E-state index in [-0.39, 0.29) is 36.4 Å². The Labute approximate surface area is 282 Å². The number of pyridine rings is 1. The lowest BCUT2D eigenvalue weighted by Gasteiger charge is -2.21. The summed E-state index contributed by atoms with van der Waals surface area (Å²) in [5.41, 5.74) is 4.85. The van der Waals surface area contributed by atoms with Crippen LogP contribution >= 0.6 is 23.2 Å². The second kappa shape index (κ2) is 15.0. The summed E-state index contributed by atoms with van der Waals surface area (Å²) < 4.78 is 7.99. The third kappa shape index (κ3) is 8.38. The quantitative estimate of drug-likeness (QED) is 0.152. The van der Waals surface area contributed by atoms with Gasteiger partial charge in [0.05, 0.1) is 23.7 Å². The third-order valence-corrected chi connectivity index (χ3v) is 8.30. The fourth-order valence-electron chi connectivity index (χ4n) is 4.83. The molecule has 0 radical (unpaired) electrons. The van der Waals surface area contributed by atoms with Gasteiger partial charge in [-0.25, -0.2) is 4.98 Å². The molecule has 0 aliphatic carbocycles.